The molecule has 0 bridgehead atoms. The SMILES string of the molecule is CC(CC(=O)NCCNC(=O)c1ccccc1)NC(=O)c1ccccc1. The molecule has 136 valence electrons. The molecular weight excluding hydrogens is 330 g/mol. The molecule has 0 aliphatic rings. The van der Waals surface area contributed by atoms with Gasteiger partial charge in [-0.15, -0.1) is 0 Å². The summed E-state index contributed by atoms with van der Waals surface area (Å²) in [4.78, 5) is 35.8. The lowest BCUT2D eigenvalue weighted by atomic mass is 10.1. The second-order valence-electron chi connectivity index (χ2n) is 5.92. The first-order valence-electron chi connectivity index (χ1n) is 8.52. The van der Waals surface area contributed by atoms with Crippen molar-refractivity contribution in [3.63, 3.8) is 0 Å². The molecular formula is C20H23N3O3. The largest absolute Gasteiger partial charge is 0.354 e. The quantitative estimate of drug-likeness (QED) is 0.632. The van der Waals surface area contributed by atoms with Gasteiger partial charge in [-0.05, 0) is 31.2 Å². The average Bonchev–Trinajstić information content (AvgIpc) is 2.66. The van der Waals surface area contributed by atoms with E-state index < -0.39 is 0 Å². The Hall–Kier alpha value is -3.15. The number of amides is 3. The van der Waals surface area contributed by atoms with Crippen molar-refractivity contribution in [3.8, 4) is 0 Å². The number of rotatable bonds is 8. The van der Waals surface area contributed by atoms with Gasteiger partial charge in [-0.3, -0.25) is 14.4 Å². The van der Waals surface area contributed by atoms with Gasteiger partial charge < -0.3 is 16.0 Å². The highest BCUT2D eigenvalue weighted by Gasteiger charge is 2.13. The molecule has 0 heterocycles. The molecule has 0 aromatic heterocycles. The summed E-state index contributed by atoms with van der Waals surface area (Å²) in [6.45, 7) is 2.44. The third-order valence-electron chi connectivity index (χ3n) is 3.67. The monoisotopic (exact) mass is 353 g/mol. The molecule has 3 amide bonds. The maximum Gasteiger partial charge on any atom is 0.251 e. The van der Waals surface area contributed by atoms with Crippen LogP contribution >= 0.6 is 0 Å². The van der Waals surface area contributed by atoms with E-state index in [4.69, 9.17) is 0 Å². The minimum Gasteiger partial charge on any atom is -0.354 e. The summed E-state index contributed by atoms with van der Waals surface area (Å²) < 4.78 is 0. The predicted octanol–water partition coefficient (Wildman–Crippen LogP) is 1.74. The fraction of sp³-hybridized carbons (Fsp3) is 0.250. The molecule has 0 aliphatic carbocycles. The van der Waals surface area contributed by atoms with Gasteiger partial charge in [0.2, 0.25) is 5.91 Å². The van der Waals surface area contributed by atoms with Crippen LogP contribution in [-0.4, -0.2) is 36.9 Å². The van der Waals surface area contributed by atoms with Crippen molar-refractivity contribution in [1.29, 1.82) is 0 Å². The Labute approximate surface area is 153 Å². The van der Waals surface area contributed by atoms with Crippen molar-refractivity contribution >= 4 is 17.7 Å². The maximum atomic E-state index is 12.0. The summed E-state index contributed by atoms with van der Waals surface area (Å²) in [6.07, 6.45) is 0.172. The second-order valence-corrected chi connectivity index (χ2v) is 5.92. The summed E-state index contributed by atoms with van der Waals surface area (Å²) in [7, 11) is 0. The van der Waals surface area contributed by atoms with E-state index in [0.717, 1.165) is 0 Å². The Balaban J connectivity index is 1.64. The zero-order valence-electron chi connectivity index (χ0n) is 14.7. The molecule has 6 nitrogen and oxygen atoms in total. The lowest BCUT2D eigenvalue weighted by molar-refractivity contribution is -0.121. The van der Waals surface area contributed by atoms with Crippen molar-refractivity contribution in [1.82, 2.24) is 16.0 Å². The molecule has 0 saturated heterocycles. The first kappa shape index (κ1) is 19.2. The maximum absolute atomic E-state index is 12.0. The van der Waals surface area contributed by atoms with Crippen molar-refractivity contribution in [2.75, 3.05) is 13.1 Å². The van der Waals surface area contributed by atoms with E-state index in [2.05, 4.69) is 16.0 Å². The number of carbonyl (C=O) groups is 3. The molecule has 1 unspecified atom stereocenters. The third-order valence-corrected chi connectivity index (χ3v) is 3.67. The predicted molar refractivity (Wildman–Crippen MR) is 99.8 cm³/mol. The van der Waals surface area contributed by atoms with Crippen LogP contribution in [0.25, 0.3) is 0 Å². The lowest BCUT2D eigenvalue weighted by Crippen LogP contribution is -2.39. The van der Waals surface area contributed by atoms with Gasteiger partial charge >= 0.3 is 0 Å². The van der Waals surface area contributed by atoms with E-state index in [1.807, 2.05) is 12.1 Å². The Morgan fingerprint density at radius 2 is 1.27 bits per heavy atom. The van der Waals surface area contributed by atoms with Gasteiger partial charge in [-0.2, -0.15) is 0 Å². The Morgan fingerprint density at radius 3 is 1.85 bits per heavy atom. The number of nitrogens with one attached hydrogen (secondary N) is 3. The summed E-state index contributed by atoms with van der Waals surface area (Å²) >= 11 is 0. The van der Waals surface area contributed by atoms with Gasteiger partial charge in [-0.25, -0.2) is 0 Å². The van der Waals surface area contributed by atoms with Crippen LogP contribution in [0.2, 0.25) is 0 Å². The van der Waals surface area contributed by atoms with E-state index in [-0.39, 0.29) is 30.2 Å². The zero-order chi connectivity index (χ0) is 18.8. The first-order valence-corrected chi connectivity index (χ1v) is 8.52. The molecule has 2 rings (SSSR count). The van der Waals surface area contributed by atoms with Crippen LogP contribution in [0.5, 0.6) is 0 Å². The molecule has 2 aromatic carbocycles. The first-order chi connectivity index (χ1) is 12.6. The Kier molecular flexibility index (Phi) is 7.36. The number of carbonyl (C=O) groups excluding carboxylic acids is 3. The minimum absolute atomic E-state index is 0.172. The third kappa shape index (κ3) is 6.39. The summed E-state index contributed by atoms with van der Waals surface area (Å²) in [6, 6.07) is 17.4. The average molecular weight is 353 g/mol. The number of benzene rings is 2. The molecule has 0 aliphatic heterocycles. The van der Waals surface area contributed by atoms with Crippen LogP contribution in [0.3, 0.4) is 0 Å². The highest BCUT2D eigenvalue weighted by Crippen LogP contribution is 2.00. The molecule has 26 heavy (non-hydrogen) atoms. The fourth-order valence-electron chi connectivity index (χ4n) is 2.37. The van der Waals surface area contributed by atoms with Crippen LogP contribution in [-0.2, 0) is 4.79 Å². The Morgan fingerprint density at radius 1 is 0.769 bits per heavy atom. The fourth-order valence-corrected chi connectivity index (χ4v) is 2.37. The topological polar surface area (TPSA) is 87.3 Å². The van der Waals surface area contributed by atoms with Gasteiger partial charge in [0.1, 0.15) is 0 Å². The van der Waals surface area contributed by atoms with E-state index >= 15 is 0 Å². The normalized spacial score (nSPS) is 11.3. The number of hydrogen-bond acceptors (Lipinski definition) is 3. The highest BCUT2D eigenvalue weighted by atomic mass is 16.2. The number of hydrogen-bond donors (Lipinski definition) is 3. The van der Waals surface area contributed by atoms with Crippen LogP contribution in [0.4, 0.5) is 0 Å². The molecule has 0 spiro atoms. The standard InChI is InChI=1S/C20H23N3O3/c1-15(23-20(26)17-10-6-3-7-11-17)14-18(24)21-12-13-22-19(25)16-8-4-2-5-9-16/h2-11,15H,12-14H2,1H3,(H,21,24)(H,22,25)(H,23,26). The lowest BCUT2D eigenvalue weighted by Gasteiger charge is -2.14. The van der Waals surface area contributed by atoms with Crippen molar-refractivity contribution in [3.05, 3.63) is 71.8 Å². The molecule has 1 atom stereocenters. The molecule has 6 heteroatoms. The van der Waals surface area contributed by atoms with Gasteiger partial charge in [0.05, 0.1) is 0 Å². The van der Waals surface area contributed by atoms with Crippen LogP contribution < -0.4 is 16.0 Å². The highest BCUT2D eigenvalue weighted by molar-refractivity contribution is 5.95. The Bertz CT molecular complexity index is 732. The zero-order valence-corrected chi connectivity index (χ0v) is 14.7. The summed E-state index contributed by atoms with van der Waals surface area (Å²) in [5, 5.41) is 8.25. The van der Waals surface area contributed by atoms with Crippen LogP contribution in [0, 0.1) is 0 Å². The van der Waals surface area contributed by atoms with Gasteiger partial charge in [0.15, 0.2) is 0 Å². The van der Waals surface area contributed by atoms with Crippen molar-refractivity contribution in [2.45, 2.75) is 19.4 Å². The van der Waals surface area contributed by atoms with Crippen molar-refractivity contribution in [2.24, 2.45) is 0 Å². The van der Waals surface area contributed by atoms with Gasteiger partial charge in [-0.1, -0.05) is 36.4 Å². The van der Waals surface area contributed by atoms with Crippen molar-refractivity contribution < 1.29 is 14.4 Å². The van der Waals surface area contributed by atoms with E-state index in [1.54, 1.807) is 55.5 Å². The summed E-state index contributed by atoms with van der Waals surface area (Å²) in [5.41, 5.74) is 1.14. The van der Waals surface area contributed by atoms with Gasteiger partial charge in [0.25, 0.3) is 11.8 Å². The van der Waals surface area contributed by atoms with E-state index in [9.17, 15) is 14.4 Å². The molecule has 0 radical (unpaired) electrons. The molecule has 2 aromatic rings. The molecule has 3 N–H and O–H groups in total. The van der Waals surface area contributed by atoms with E-state index in [1.165, 1.54) is 0 Å². The van der Waals surface area contributed by atoms with Crippen LogP contribution in [0.1, 0.15) is 34.1 Å². The van der Waals surface area contributed by atoms with E-state index in [0.29, 0.717) is 24.2 Å². The molecule has 0 saturated carbocycles. The second kappa shape index (κ2) is 9.98. The summed E-state index contributed by atoms with van der Waals surface area (Å²) in [5.74, 6) is -0.566. The van der Waals surface area contributed by atoms with Crippen LogP contribution in [0.15, 0.2) is 60.7 Å². The van der Waals surface area contributed by atoms with Gasteiger partial charge in [0, 0.05) is 36.7 Å². The smallest absolute Gasteiger partial charge is 0.251 e. The molecule has 0 fully saturated rings. The minimum atomic E-state index is -0.290.